The van der Waals surface area contributed by atoms with Crippen LogP contribution in [0.3, 0.4) is 0 Å². The summed E-state index contributed by atoms with van der Waals surface area (Å²) in [6.45, 7) is 8.17. The SMILES string of the molecule is CC(C)Oc1cccnc1N1CC(C)OC(CN)C1. The van der Waals surface area contributed by atoms with E-state index in [1.807, 2.05) is 26.0 Å². The van der Waals surface area contributed by atoms with Crippen LogP contribution in [0.5, 0.6) is 5.75 Å². The number of aromatic nitrogens is 1. The lowest BCUT2D eigenvalue weighted by Gasteiger charge is -2.37. The Balaban J connectivity index is 2.20. The predicted octanol–water partition coefficient (Wildman–Crippen LogP) is 1.42. The van der Waals surface area contributed by atoms with Crippen molar-refractivity contribution in [1.82, 2.24) is 4.98 Å². The third-order valence-electron chi connectivity index (χ3n) is 3.00. The molecule has 1 aliphatic rings. The summed E-state index contributed by atoms with van der Waals surface area (Å²) in [5, 5.41) is 0. The molecule has 1 aliphatic heterocycles. The third kappa shape index (κ3) is 3.58. The van der Waals surface area contributed by atoms with E-state index >= 15 is 0 Å². The van der Waals surface area contributed by atoms with Crippen molar-refractivity contribution in [2.45, 2.75) is 39.1 Å². The molecule has 0 saturated carbocycles. The molecule has 0 bridgehead atoms. The maximum Gasteiger partial charge on any atom is 0.171 e. The third-order valence-corrected chi connectivity index (χ3v) is 3.00. The zero-order valence-electron chi connectivity index (χ0n) is 11.9. The summed E-state index contributed by atoms with van der Waals surface area (Å²) in [5.41, 5.74) is 5.72. The molecule has 5 nitrogen and oxygen atoms in total. The van der Waals surface area contributed by atoms with Crippen LogP contribution in [0, 0.1) is 0 Å². The van der Waals surface area contributed by atoms with Crippen LogP contribution in [0.1, 0.15) is 20.8 Å². The van der Waals surface area contributed by atoms with Crippen LogP contribution >= 0.6 is 0 Å². The number of nitrogens with zero attached hydrogens (tertiary/aromatic N) is 2. The van der Waals surface area contributed by atoms with Gasteiger partial charge in [0.1, 0.15) is 0 Å². The minimum absolute atomic E-state index is 0.0534. The van der Waals surface area contributed by atoms with Crippen LogP contribution in [0.25, 0.3) is 0 Å². The van der Waals surface area contributed by atoms with Crippen LogP contribution in [0.2, 0.25) is 0 Å². The average molecular weight is 265 g/mol. The van der Waals surface area contributed by atoms with Gasteiger partial charge in [0, 0.05) is 25.8 Å². The molecule has 19 heavy (non-hydrogen) atoms. The number of ether oxygens (including phenoxy) is 2. The predicted molar refractivity (Wildman–Crippen MR) is 75.6 cm³/mol. The number of morpholine rings is 1. The fraction of sp³-hybridized carbons (Fsp3) is 0.643. The van der Waals surface area contributed by atoms with Crippen molar-refractivity contribution in [1.29, 1.82) is 0 Å². The summed E-state index contributed by atoms with van der Waals surface area (Å²) < 4.78 is 11.6. The van der Waals surface area contributed by atoms with Crippen molar-refractivity contribution in [3.8, 4) is 5.75 Å². The van der Waals surface area contributed by atoms with Crippen LogP contribution in [0.4, 0.5) is 5.82 Å². The first kappa shape index (κ1) is 14.1. The Hall–Kier alpha value is -1.33. The molecule has 2 unspecified atom stereocenters. The lowest BCUT2D eigenvalue weighted by Crippen LogP contribution is -2.49. The topological polar surface area (TPSA) is 60.6 Å². The summed E-state index contributed by atoms with van der Waals surface area (Å²) >= 11 is 0. The monoisotopic (exact) mass is 265 g/mol. The fourth-order valence-corrected chi connectivity index (χ4v) is 2.31. The average Bonchev–Trinajstić information content (AvgIpc) is 2.38. The van der Waals surface area contributed by atoms with E-state index in [1.54, 1.807) is 6.20 Å². The number of hydrogen-bond donors (Lipinski definition) is 1. The largest absolute Gasteiger partial charge is 0.487 e. The quantitative estimate of drug-likeness (QED) is 0.892. The van der Waals surface area contributed by atoms with Gasteiger partial charge in [-0.05, 0) is 32.9 Å². The molecular weight excluding hydrogens is 242 g/mol. The molecular formula is C14H23N3O2. The summed E-state index contributed by atoms with van der Waals surface area (Å²) in [7, 11) is 0. The van der Waals surface area contributed by atoms with Crippen molar-refractivity contribution in [3.05, 3.63) is 18.3 Å². The van der Waals surface area contributed by atoms with Crippen LogP contribution in [0.15, 0.2) is 18.3 Å². The zero-order valence-corrected chi connectivity index (χ0v) is 11.9. The Morgan fingerprint density at radius 1 is 1.53 bits per heavy atom. The van der Waals surface area contributed by atoms with E-state index in [2.05, 4.69) is 16.8 Å². The second kappa shape index (κ2) is 6.21. The molecule has 106 valence electrons. The van der Waals surface area contributed by atoms with Crippen molar-refractivity contribution >= 4 is 5.82 Å². The number of nitrogens with two attached hydrogens (primary N) is 1. The summed E-state index contributed by atoms with van der Waals surface area (Å²) in [6, 6.07) is 3.85. The second-order valence-corrected chi connectivity index (χ2v) is 5.20. The van der Waals surface area contributed by atoms with Crippen molar-refractivity contribution in [2.75, 3.05) is 24.5 Å². The Morgan fingerprint density at radius 3 is 3.00 bits per heavy atom. The molecule has 1 fully saturated rings. The smallest absolute Gasteiger partial charge is 0.171 e. The summed E-state index contributed by atoms with van der Waals surface area (Å²) in [5.74, 6) is 1.70. The second-order valence-electron chi connectivity index (χ2n) is 5.20. The lowest BCUT2D eigenvalue weighted by atomic mass is 10.2. The molecule has 2 rings (SSSR count). The van der Waals surface area contributed by atoms with Gasteiger partial charge in [0.25, 0.3) is 0 Å². The molecule has 2 heterocycles. The highest BCUT2D eigenvalue weighted by Crippen LogP contribution is 2.28. The molecule has 2 atom stereocenters. The van der Waals surface area contributed by atoms with Gasteiger partial charge in [-0.25, -0.2) is 4.98 Å². The highest BCUT2D eigenvalue weighted by Gasteiger charge is 2.27. The van der Waals surface area contributed by atoms with Gasteiger partial charge >= 0.3 is 0 Å². The van der Waals surface area contributed by atoms with Gasteiger partial charge in [-0.3, -0.25) is 0 Å². The van der Waals surface area contributed by atoms with E-state index < -0.39 is 0 Å². The summed E-state index contributed by atoms with van der Waals surface area (Å²) in [4.78, 5) is 6.66. The van der Waals surface area contributed by atoms with Crippen LogP contribution < -0.4 is 15.4 Å². The van der Waals surface area contributed by atoms with Gasteiger partial charge in [-0.2, -0.15) is 0 Å². The van der Waals surface area contributed by atoms with Crippen molar-refractivity contribution in [2.24, 2.45) is 5.73 Å². The molecule has 5 heteroatoms. The van der Waals surface area contributed by atoms with Gasteiger partial charge in [0.2, 0.25) is 0 Å². The van der Waals surface area contributed by atoms with Gasteiger partial charge in [0.15, 0.2) is 11.6 Å². The normalized spacial score (nSPS) is 23.7. The minimum Gasteiger partial charge on any atom is -0.487 e. The van der Waals surface area contributed by atoms with Gasteiger partial charge in [0.05, 0.1) is 18.3 Å². The van der Waals surface area contributed by atoms with Crippen molar-refractivity contribution in [3.63, 3.8) is 0 Å². The fourth-order valence-electron chi connectivity index (χ4n) is 2.31. The number of anilines is 1. The maximum atomic E-state index is 5.83. The first-order valence-corrected chi connectivity index (χ1v) is 6.82. The van der Waals surface area contributed by atoms with Gasteiger partial charge in [-0.1, -0.05) is 0 Å². The molecule has 0 amide bonds. The molecule has 0 spiro atoms. The Kier molecular flexibility index (Phi) is 4.61. The highest BCUT2D eigenvalue weighted by molar-refractivity contribution is 5.52. The van der Waals surface area contributed by atoms with Gasteiger partial charge < -0.3 is 20.1 Å². The molecule has 0 aliphatic carbocycles. The van der Waals surface area contributed by atoms with E-state index in [-0.39, 0.29) is 18.3 Å². The Bertz CT molecular complexity index is 411. The Labute approximate surface area is 114 Å². The van der Waals surface area contributed by atoms with Gasteiger partial charge in [-0.15, -0.1) is 0 Å². The lowest BCUT2D eigenvalue weighted by molar-refractivity contribution is -0.0108. The van der Waals surface area contributed by atoms with E-state index in [9.17, 15) is 0 Å². The Morgan fingerprint density at radius 2 is 2.32 bits per heavy atom. The summed E-state index contributed by atoms with van der Waals surface area (Å²) in [6.07, 6.45) is 2.13. The molecule has 1 aromatic rings. The zero-order chi connectivity index (χ0) is 13.8. The first-order chi connectivity index (χ1) is 9.10. The molecule has 1 saturated heterocycles. The molecule has 0 aromatic carbocycles. The molecule has 1 aromatic heterocycles. The standard InChI is InChI=1S/C14H23N3O2/c1-10(2)18-13-5-4-6-16-14(13)17-8-11(3)19-12(7-15)9-17/h4-6,10-12H,7-9,15H2,1-3H3. The van der Waals surface area contributed by atoms with E-state index in [0.717, 1.165) is 24.7 Å². The highest BCUT2D eigenvalue weighted by atomic mass is 16.5. The minimum atomic E-state index is 0.0534. The van der Waals surface area contributed by atoms with Crippen LogP contribution in [-0.4, -0.2) is 42.9 Å². The van der Waals surface area contributed by atoms with Crippen LogP contribution in [-0.2, 0) is 4.74 Å². The molecule has 2 N–H and O–H groups in total. The number of rotatable bonds is 4. The van der Waals surface area contributed by atoms with E-state index in [4.69, 9.17) is 15.2 Å². The molecule has 0 radical (unpaired) electrons. The van der Waals surface area contributed by atoms with E-state index in [1.165, 1.54) is 0 Å². The number of hydrogen-bond acceptors (Lipinski definition) is 5. The maximum absolute atomic E-state index is 5.83. The number of pyridine rings is 1. The van der Waals surface area contributed by atoms with Crippen molar-refractivity contribution < 1.29 is 9.47 Å². The van der Waals surface area contributed by atoms with E-state index in [0.29, 0.717) is 6.54 Å². The first-order valence-electron chi connectivity index (χ1n) is 6.82.